The Kier molecular flexibility index (Phi) is 6.02. The monoisotopic (exact) mass is 557 g/mol. The van der Waals surface area contributed by atoms with Gasteiger partial charge in [-0.3, -0.25) is 9.59 Å². The van der Waals surface area contributed by atoms with E-state index in [-0.39, 0.29) is 50.9 Å². The smallest absolute Gasteiger partial charge is 0.340 e. The van der Waals surface area contributed by atoms with Gasteiger partial charge in [0.15, 0.2) is 17.2 Å². The van der Waals surface area contributed by atoms with Crippen LogP contribution in [0.5, 0.6) is 23.0 Å². The normalized spacial score (nSPS) is 14.8. The van der Waals surface area contributed by atoms with Crippen molar-refractivity contribution in [2.75, 3.05) is 0 Å². The van der Waals surface area contributed by atoms with E-state index in [2.05, 4.69) is 10.2 Å². The second kappa shape index (κ2) is 8.84. The zero-order chi connectivity index (χ0) is 29.4. The van der Waals surface area contributed by atoms with Crippen LogP contribution in [0.4, 0.5) is 5.69 Å². The number of aliphatic imine (C=N–C) groups is 1. The molecule has 3 aromatic carbocycles. The minimum Gasteiger partial charge on any atom is -0.508 e. The maximum Gasteiger partial charge on any atom is 0.340 e. The first kappa shape index (κ1) is 27.2. The summed E-state index contributed by atoms with van der Waals surface area (Å²) in [6, 6.07) is 10.2. The SMILES string of the molecule is CC(C)(C)C(=O)c1c(N=C=S)cc2c(c1C(=O)C(C)(C)C)C(=O)OC21c2ccc(O)cc2Oc2cc(O)ccc21. The van der Waals surface area contributed by atoms with Crippen LogP contribution in [-0.2, 0) is 10.3 Å². The van der Waals surface area contributed by atoms with Crippen LogP contribution < -0.4 is 4.74 Å². The predicted octanol–water partition coefficient (Wildman–Crippen LogP) is 6.86. The lowest BCUT2D eigenvalue weighted by atomic mass is 9.72. The summed E-state index contributed by atoms with van der Waals surface area (Å²) in [7, 11) is 0. The Hall–Kier alpha value is -4.33. The summed E-state index contributed by atoms with van der Waals surface area (Å²) in [6.45, 7) is 10.2. The molecule has 0 radical (unpaired) electrons. The summed E-state index contributed by atoms with van der Waals surface area (Å²) in [6.07, 6.45) is 0. The number of Topliss-reactive ketones (excluding diaryl/α,β-unsaturated/α-hetero) is 2. The average molecular weight is 558 g/mol. The van der Waals surface area contributed by atoms with Gasteiger partial charge in [-0.2, -0.15) is 4.99 Å². The van der Waals surface area contributed by atoms with E-state index in [1.54, 1.807) is 53.7 Å². The Morgan fingerprint density at radius 3 is 1.80 bits per heavy atom. The zero-order valence-electron chi connectivity index (χ0n) is 22.8. The number of ether oxygens (including phenoxy) is 2. The van der Waals surface area contributed by atoms with E-state index in [0.29, 0.717) is 11.1 Å². The molecule has 8 nitrogen and oxygen atoms in total. The minimum atomic E-state index is -1.65. The Balaban J connectivity index is 2.00. The van der Waals surface area contributed by atoms with Gasteiger partial charge in [-0.1, -0.05) is 41.5 Å². The molecule has 204 valence electrons. The van der Waals surface area contributed by atoms with Crippen molar-refractivity contribution in [3.8, 4) is 23.0 Å². The molecule has 2 N–H and O–H groups in total. The summed E-state index contributed by atoms with van der Waals surface area (Å²) < 4.78 is 12.2. The molecule has 2 aliphatic heterocycles. The van der Waals surface area contributed by atoms with Gasteiger partial charge in [0.1, 0.15) is 23.0 Å². The van der Waals surface area contributed by atoms with Crippen molar-refractivity contribution in [1.29, 1.82) is 0 Å². The van der Waals surface area contributed by atoms with Gasteiger partial charge < -0.3 is 19.7 Å². The first-order chi connectivity index (χ1) is 18.6. The van der Waals surface area contributed by atoms with E-state index in [1.165, 1.54) is 30.3 Å². The quantitative estimate of drug-likeness (QED) is 0.155. The fourth-order valence-electron chi connectivity index (χ4n) is 5.18. The summed E-state index contributed by atoms with van der Waals surface area (Å²) in [5.41, 5.74) is -2.68. The highest BCUT2D eigenvalue weighted by Gasteiger charge is 2.56. The molecule has 0 fully saturated rings. The van der Waals surface area contributed by atoms with Crippen LogP contribution in [0.1, 0.15) is 89.3 Å². The fourth-order valence-corrected chi connectivity index (χ4v) is 5.28. The van der Waals surface area contributed by atoms with Gasteiger partial charge in [0, 0.05) is 45.2 Å². The molecule has 0 aliphatic carbocycles. The first-order valence-corrected chi connectivity index (χ1v) is 13.0. The maximum atomic E-state index is 14.1. The van der Waals surface area contributed by atoms with Crippen LogP contribution in [0.15, 0.2) is 47.5 Å². The molecule has 3 aromatic rings. The average Bonchev–Trinajstić information content (AvgIpc) is 3.13. The lowest BCUT2D eigenvalue weighted by molar-refractivity contribution is 0.0223. The third-order valence-electron chi connectivity index (χ3n) is 7.03. The summed E-state index contributed by atoms with van der Waals surface area (Å²) in [4.78, 5) is 46.1. The van der Waals surface area contributed by atoms with E-state index < -0.39 is 34.0 Å². The van der Waals surface area contributed by atoms with Gasteiger partial charge in [0.25, 0.3) is 0 Å². The molecule has 0 saturated heterocycles. The van der Waals surface area contributed by atoms with Crippen LogP contribution >= 0.6 is 12.2 Å². The predicted molar refractivity (Wildman–Crippen MR) is 150 cm³/mol. The van der Waals surface area contributed by atoms with E-state index in [1.807, 2.05) is 0 Å². The molecule has 0 aromatic heterocycles. The number of benzene rings is 3. The van der Waals surface area contributed by atoms with Crippen LogP contribution in [-0.4, -0.2) is 32.9 Å². The Bertz CT molecular complexity index is 1650. The van der Waals surface area contributed by atoms with Crippen molar-refractivity contribution >= 4 is 40.6 Å². The molecule has 5 rings (SSSR count). The fraction of sp³-hybridized carbons (Fsp3) is 0.290. The molecule has 0 amide bonds. The lowest BCUT2D eigenvalue weighted by Gasteiger charge is -2.36. The van der Waals surface area contributed by atoms with E-state index in [4.69, 9.17) is 21.7 Å². The molecule has 40 heavy (non-hydrogen) atoms. The van der Waals surface area contributed by atoms with E-state index in [9.17, 15) is 24.6 Å². The number of hydrogen-bond donors (Lipinski definition) is 2. The van der Waals surface area contributed by atoms with Gasteiger partial charge in [0.05, 0.1) is 22.0 Å². The number of ketones is 2. The molecule has 2 heterocycles. The van der Waals surface area contributed by atoms with E-state index in [0.717, 1.165) is 0 Å². The number of phenols is 2. The molecule has 2 aliphatic rings. The van der Waals surface area contributed by atoms with Crippen LogP contribution in [0.2, 0.25) is 0 Å². The second-order valence-corrected chi connectivity index (χ2v) is 12.1. The van der Waals surface area contributed by atoms with Gasteiger partial charge in [0.2, 0.25) is 0 Å². The van der Waals surface area contributed by atoms with E-state index >= 15 is 0 Å². The molecule has 1 spiro atoms. The number of esters is 1. The molecule has 0 unspecified atom stereocenters. The molecule has 9 heteroatoms. The number of rotatable bonds is 3. The van der Waals surface area contributed by atoms with Crippen molar-refractivity contribution in [3.05, 3.63) is 75.8 Å². The number of carbonyl (C=O) groups excluding carboxylic acids is 3. The van der Waals surface area contributed by atoms with Crippen molar-refractivity contribution in [3.63, 3.8) is 0 Å². The molecular formula is C31H27NO7S. The Labute approximate surface area is 236 Å². The third-order valence-corrected chi connectivity index (χ3v) is 7.12. The number of phenolic OH excluding ortho intramolecular Hbond substituents is 2. The van der Waals surface area contributed by atoms with Crippen molar-refractivity contribution < 1.29 is 34.1 Å². The van der Waals surface area contributed by atoms with Crippen LogP contribution in [0.25, 0.3) is 0 Å². The minimum absolute atomic E-state index is 0.0264. The molecule has 0 atom stereocenters. The van der Waals surface area contributed by atoms with Crippen molar-refractivity contribution in [2.45, 2.75) is 47.1 Å². The number of nitrogens with zero attached hydrogens (tertiary/aromatic N) is 1. The number of carbonyl (C=O) groups is 3. The summed E-state index contributed by atoms with van der Waals surface area (Å²) in [5, 5.41) is 22.7. The maximum absolute atomic E-state index is 14.1. The van der Waals surface area contributed by atoms with Crippen LogP contribution in [0, 0.1) is 10.8 Å². The largest absolute Gasteiger partial charge is 0.508 e. The number of hydrogen-bond acceptors (Lipinski definition) is 9. The highest BCUT2D eigenvalue weighted by Crippen LogP contribution is 2.58. The van der Waals surface area contributed by atoms with Gasteiger partial charge >= 0.3 is 5.97 Å². The molecule has 0 saturated carbocycles. The summed E-state index contributed by atoms with van der Waals surface area (Å²) >= 11 is 4.92. The number of aromatic hydroxyl groups is 2. The van der Waals surface area contributed by atoms with Gasteiger partial charge in [-0.15, -0.1) is 0 Å². The molecular weight excluding hydrogens is 530 g/mol. The first-order valence-electron chi connectivity index (χ1n) is 12.6. The van der Waals surface area contributed by atoms with Crippen molar-refractivity contribution in [1.82, 2.24) is 0 Å². The topological polar surface area (TPSA) is 122 Å². The van der Waals surface area contributed by atoms with Crippen molar-refractivity contribution in [2.24, 2.45) is 15.8 Å². The van der Waals surface area contributed by atoms with Crippen LogP contribution in [0.3, 0.4) is 0 Å². The highest BCUT2D eigenvalue weighted by molar-refractivity contribution is 7.78. The third kappa shape index (κ3) is 3.93. The number of thiocarbonyl (C=S) groups is 1. The lowest BCUT2D eigenvalue weighted by Crippen LogP contribution is -2.33. The Morgan fingerprint density at radius 2 is 1.32 bits per heavy atom. The van der Waals surface area contributed by atoms with Gasteiger partial charge in [-0.05, 0) is 42.5 Å². The zero-order valence-corrected chi connectivity index (χ0v) is 23.6. The second-order valence-electron chi connectivity index (χ2n) is 12.0. The Morgan fingerprint density at radius 1 is 0.825 bits per heavy atom. The van der Waals surface area contributed by atoms with Gasteiger partial charge in [-0.25, -0.2) is 4.79 Å². The highest BCUT2D eigenvalue weighted by atomic mass is 32.1. The number of isothiocyanates is 1. The summed E-state index contributed by atoms with van der Waals surface area (Å²) in [5.74, 6) is -1.50. The number of fused-ring (bicyclic) bond motifs is 6. The molecule has 0 bridgehead atoms. The standard InChI is InChI=1S/C31H27NO7S/c1-29(2,3)26(35)24-20(32-14-40)13-19-23(25(24)27(36)30(4,5)6)28(37)39-31(19)17-9-7-15(33)11-21(17)38-22-12-16(34)8-10-18(22)31/h7-13,33-34H,1-6H3.